The molecule has 0 spiro atoms. The van der Waals surface area contributed by atoms with Crippen molar-refractivity contribution in [2.75, 3.05) is 26.7 Å². The lowest BCUT2D eigenvalue weighted by molar-refractivity contribution is -0.155. The predicted octanol–water partition coefficient (Wildman–Crippen LogP) is 2.35. The standard InChI is InChI=1S/C20H33N3O4/c1-13-10-23(11-14(2)26-13)19(25)18(21)15-8-7-9-16(15)22(6)12-17(24)27-20(3,4)5/h13-14,21H,7-12H2,1-6H3/t13-,14?/m1/s1. The Kier molecular flexibility index (Phi) is 6.68. The molecule has 1 heterocycles. The summed E-state index contributed by atoms with van der Waals surface area (Å²) >= 11 is 0. The van der Waals surface area contributed by atoms with Gasteiger partial charge < -0.3 is 19.3 Å². The fourth-order valence-corrected chi connectivity index (χ4v) is 3.71. The van der Waals surface area contributed by atoms with Crippen LogP contribution in [0.25, 0.3) is 0 Å². The van der Waals surface area contributed by atoms with Crippen LogP contribution in [0.15, 0.2) is 11.3 Å². The maximum absolute atomic E-state index is 12.9. The van der Waals surface area contributed by atoms with E-state index in [1.807, 2.05) is 46.6 Å². The second kappa shape index (κ2) is 8.42. The van der Waals surface area contributed by atoms with Gasteiger partial charge >= 0.3 is 5.97 Å². The number of rotatable bonds is 5. The molecule has 0 aromatic carbocycles. The lowest BCUT2D eigenvalue weighted by Crippen LogP contribution is -2.50. The van der Waals surface area contributed by atoms with Crippen LogP contribution in [0.2, 0.25) is 0 Å². The van der Waals surface area contributed by atoms with E-state index in [1.54, 1.807) is 4.90 Å². The molecule has 1 fully saturated rings. The van der Waals surface area contributed by atoms with Crippen molar-refractivity contribution in [2.24, 2.45) is 0 Å². The van der Waals surface area contributed by atoms with E-state index in [-0.39, 0.29) is 36.3 Å². The Morgan fingerprint density at radius 2 is 1.81 bits per heavy atom. The van der Waals surface area contributed by atoms with Crippen LogP contribution in [-0.2, 0) is 19.1 Å². The van der Waals surface area contributed by atoms with Crippen molar-refractivity contribution in [3.8, 4) is 0 Å². The van der Waals surface area contributed by atoms with Gasteiger partial charge in [0.2, 0.25) is 0 Å². The van der Waals surface area contributed by atoms with Crippen LogP contribution < -0.4 is 0 Å². The molecule has 2 aliphatic rings. The first-order chi connectivity index (χ1) is 12.5. The molecule has 7 heteroatoms. The number of allylic oxidation sites excluding steroid dienone is 1. The lowest BCUT2D eigenvalue weighted by atomic mass is 10.1. The average Bonchev–Trinajstić information content (AvgIpc) is 3.00. The van der Waals surface area contributed by atoms with Gasteiger partial charge in [0, 0.05) is 31.4 Å². The Hall–Kier alpha value is -1.89. The third-order valence-electron chi connectivity index (χ3n) is 4.66. The van der Waals surface area contributed by atoms with Crippen LogP contribution in [0.4, 0.5) is 0 Å². The molecule has 1 saturated heterocycles. The minimum atomic E-state index is -0.531. The largest absolute Gasteiger partial charge is 0.459 e. The quantitative estimate of drug-likeness (QED) is 0.586. The van der Waals surface area contributed by atoms with Gasteiger partial charge in [-0.3, -0.25) is 15.0 Å². The molecule has 1 aliphatic heterocycles. The van der Waals surface area contributed by atoms with Crippen LogP contribution in [0.5, 0.6) is 0 Å². The summed E-state index contributed by atoms with van der Waals surface area (Å²) in [6, 6.07) is 0. The number of carbonyl (C=O) groups excluding carboxylic acids is 2. The van der Waals surface area contributed by atoms with E-state index >= 15 is 0 Å². The molecule has 1 N–H and O–H groups in total. The highest BCUT2D eigenvalue weighted by atomic mass is 16.6. The minimum absolute atomic E-state index is 0.0302. The number of hydrogen-bond acceptors (Lipinski definition) is 6. The van der Waals surface area contributed by atoms with Gasteiger partial charge in [-0.2, -0.15) is 0 Å². The number of likely N-dealkylation sites (N-methyl/N-ethyl adjacent to an activating group) is 1. The smallest absolute Gasteiger partial charge is 0.326 e. The van der Waals surface area contributed by atoms with Crippen molar-refractivity contribution in [3.63, 3.8) is 0 Å². The van der Waals surface area contributed by atoms with Gasteiger partial charge in [-0.05, 0) is 53.9 Å². The Morgan fingerprint density at radius 3 is 2.37 bits per heavy atom. The first-order valence-electron chi connectivity index (χ1n) is 9.66. The zero-order chi connectivity index (χ0) is 20.4. The summed E-state index contributed by atoms with van der Waals surface area (Å²) in [5.41, 5.74) is 1.16. The molecule has 0 bridgehead atoms. The summed E-state index contributed by atoms with van der Waals surface area (Å²) in [6.07, 6.45) is 2.28. The molecule has 7 nitrogen and oxygen atoms in total. The maximum Gasteiger partial charge on any atom is 0.326 e. The Labute approximate surface area is 162 Å². The first-order valence-corrected chi connectivity index (χ1v) is 9.66. The summed E-state index contributed by atoms with van der Waals surface area (Å²) in [5, 5.41) is 8.48. The lowest BCUT2D eigenvalue weighted by Gasteiger charge is -2.35. The highest BCUT2D eigenvalue weighted by molar-refractivity contribution is 6.44. The zero-order valence-electron chi connectivity index (χ0n) is 17.4. The molecular weight excluding hydrogens is 346 g/mol. The number of carbonyl (C=O) groups is 2. The molecule has 1 amide bonds. The highest BCUT2D eigenvalue weighted by Gasteiger charge is 2.32. The number of ether oxygens (including phenoxy) is 2. The highest BCUT2D eigenvalue weighted by Crippen LogP contribution is 2.29. The van der Waals surface area contributed by atoms with Crippen molar-refractivity contribution in [1.29, 1.82) is 5.41 Å². The second-order valence-corrected chi connectivity index (χ2v) is 8.56. The van der Waals surface area contributed by atoms with E-state index in [0.29, 0.717) is 19.5 Å². The second-order valence-electron chi connectivity index (χ2n) is 8.56. The maximum atomic E-state index is 12.9. The molecule has 0 saturated carbocycles. The molecule has 0 radical (unpaired) electrons. The SMILES string of the molecule is CC1CN(C(=O)C(=N)C2=C(N(C)CC(=O)OC(C)(C)C)CCC2)C[C@@H](C)O1. The Morgan fingerprint density at radius 1 is 1.22 bits per heavy atom. The number of nitrogens with one attached hydrogen (secondary N) is 1. The number of hydrogen-bond donors (Lipinski definition) is 1. The third-order valence-corrected chi connectivity index (χ3v) is 4.66. The topological polar surface area (TPSA) is 82.9 Å². The molecule has 2 atom stereocenters. The summed E-state index contributed by atoms with van der Waals surface area (Å²) in [7, 11) is 1.82. The molecule has 27 heavy (non-hydrogen) atoms. The summed E-state index contributed by atoms with van der Waals surface area (Å²) in [4.78, 5) is 28.5. The number of nitrogens with zero attached hydrogens (tertiary/aromatic N) is 2. The van der Waals surface area contributed by atoms with Crippen molar-refractivity contribution in [1.82, 2.24) is 9.80 Å². The van der Waals surface area contributed by atoms with Crippen LogP contribution in [0.3, 0.4) is 0 Å². The summed E-state index contributed by atoms with van der Waals surface area (Å²) in [6.45, 7) is 10.5. The number of amides is 1. The minimum Gasteiger partial charge on any atom is -0.459 e. The van der Waals surface area contributed by atoms with E-state index in [2.05, 4.69) is 0 Å². The van der Waals surface area contributed by atoms with Crippen molar-refractivity contribution in [2.45, 2.75) is 71.7 Å². The number of morpholine rings is 1. The van der Waals surface area contributed by atoms with E-state index in [4.69, 9.17) is 14.9 Å². The van der Waals surface area contributed by atoms with Gasteiger partial charge in [-0.15, -0.1) is 0 Å². The van der Waals surface area contributed by atoms with Gasteiger partial charge in [-0.25, -0.2) is 0 Å². The average molecular weight is 380 g/mol. The molecule has 2 rings (SSSR count). The summed E-state index contributed by atoms with van der Waals surface area (Å²) < 4.78 is 11.1. The molecule has 0 aromatic rings. The van der Waals surface area contributed by atoms with Gasteiger partial charge in [0.25, 0.3) is 5.91 Å². The first kappa shape index (κ1) is 21.4. The van der Waals surface area contributed by atoms with Crippen LogP contribution in [0.1, 0.15) is 53.9 Å². The fourth-order valence-electron chi connectivity index (χ4n) is 3.71. The third kappa shape index (κ3) is 5.79. The van der Waals surface area contributed by atoms with Gasteiger partial charge in [0.1, 0.15) is 17.9 Å². The van der Waals surface area contributed by atoms with E-state index in [1.165, 1.54) is 0 Å². The van der Waals surface area contributed by atoms with Crippen molar-refractivity contribution < 1.29 is 19.1 Å². The molecule has 0 aromatic heterocycles. The summed E-state index contributed by atoms with van der Waals surface area (Å²) in [5.74, 6) is -0.561. The van der Waals surface area contributed by atoms with E-state index < -0.39 is 5.60 Å². The molecule has 152 valence electrons. The van der Waals surface area contributed by atoms with Gasteiger partial charge in [-0.1, -0.05) is 0 Å². The van der Waals surface area contributed by atoms with Crippen LogP contribution in [0, 0.1) is 5.41 Å². The van der Waals surface area contributed by atoms with Gasteiger partial charge in [0.15, 0.2) is 0 Å². The molecule has 1 unspecified atom stereocenters. The number of esters is 1. The Bertz CT molecular complexity index is 626. The monoisotopic (exact) mass is 379 g/mol. The molecular formula is C20H33N3O4. The van der Waals surface area contributed by atoms with Crippen molar-refractivity contribution >= 4 is 17.6 Å². The van der Waals surface area contributed by atoms with E-state index in [0.717, 1.165) is 24.1 Å². The van der Waals surface area contributed by atoms with E-state index in [9.17, 15) is 9.59 Å². The molecule has 1 aliphatic carbocycles. The Balaban J connectivity index is 2.09. The van der Waals surface area contributed by atoms with Crippen LogP contribution in [-0.4, -0.2) is 71.9 Å². The normalized spacial score (nSPS) is 23.4. The predicted molar refractivity (Wildman–Crippen MR) is 104 cm³/mol. The van der Waals surface area contributed by atoms with Crippen molar-refractivity contribution in [3.05, 3.63) is 11.3 Å². The zero-order valence-corrected chi connectivity index (χ0v) is 17.4. The van der Waals surface area contributed by atoms with Gasteiger partial charge in [0.05, 0.1) is 12.2 Å². The van der Waals surface area contributed by atoms with Crippen LogP contribution >= 0.6 is 0 Å². The fraction of sp³-hybridized carbons (Fsp3) is 0.750.